The first-order valence-electron chi connectivity index (χ1n) is 6.20. The van der Waals surface area contributed by atoms with Crippen molar-refractivity contribution in [3.63, 3.8) is 0 Å². The molecule has 0 fully saturated rings. The molecule has 1 aromatic heterocycles. The first kappa shape index (κ1) is 13.4. The van der Waals surface area contributed by atoms with Crippen molar-refractivity contribution in [3.8, 4) is 0 Å². The Kier molecular flexibility index (Phi) is 3.62. The molecule has 0 aliphatic heterocycles. The van der Waals surface area contributed by atoms with E-state index in [-0.39, 0.29) is 6.04 Å². The van der Waals surface area contributed by atoms with Crippen molar-refractivity contribution < 1.29 is 0 Å². The summed E-state index contributed by atoms with van der Waals surface area (Å²) < 4.78 is 0. The van der Waals surface area contributed by atoms with E-state index in [1.165, 1.54) is 0 Å². The molecule has 3 rings (SSSR count). The maximum atomic E-state index is 6.37. The van der Waals surface area contributed by atoms with Gasteiger partial charge in [0.15, 0.2) is 0 Å². The molecule has 2 N–H and O–H groups in total. The van der Waals surface area contributed by atoms with Crippen LogP contribution >= 0.6 is 23.2 Å². The summed E-state index contributed by atoms with van der Waals surface area (Å²) in [6.07, 6.45) is 3.61. The summed E-state index contributed by atoms with van der Waals surface area (Å²) in [4.78, 5) is 4.26. The van der Waals surface area contributed by atoms with Crippen LogP contribution in [0.25, 0.3) is 10.8 Å². The molecule has 3 aromatic rings. The highest BCUT2D eigenvalue weighted by atomic mass is 35.5. The molecule has 0 saturated carbocycles. The van der Waals surface area contributed by atoms with Gasteiger partial charge in [0.05, 0.1) is 16.1 Å². The van der Waals surface area contributed by atoms with E-state index in [2.05, 4.69) is 4.98 Å². The van der Waals surface area contributed by atoms with Crippen LogP contribution < -0.4 is 5.73 Å². The number of hydrogen-bond donors (Lipinski definition) is 1. The van der Waals surface area contributed by atoms with Crippen LogP contribution in [0.2, 0.25) is 10.0 Å². The maximum Gasteiger partial charge on any atom is 0.0643 e. The number of aromatic nitrogens is 1. The van der Waals surface area contributed by atoms with Gasteiger partial charge in [-0.15, -0.1) is 0 Å². The van der Waals surface area contributed by atoms with Gasteiger partial charge in [-0.1, -0.05) is 59.6 Å². The molecule has 1 unspecified atom stereocenters. The summed E-state index contributed by atoms with van der Waals surface area (Å²) in [5, 5.41) is 3.13. The van der Waals surface area contributed by atoms with E-state index in [0.29, 0.717) is 10.0 Å². The van der Waals surface area contributed by atoms with Crippen molar-refractivity contribution in [2.24, 2.45) is 5.73 Å². The average Bonchev–Trinajstić information content (AvgIpc) is 2.49. The Labute approximate surface area is 127 Å². The van der Waals surface area contributed by atoms with Gasteiger partial charge in [-0.2, -0.15) is 0 Å². The van der Waals surface area contributed by atoms with Crippen molar-refractivity contribution in [1.82, 2.24) is 4.98 Å². The number of nitrogens with zero attached hydrogens (tertiary/aromatic N) is 1. The number of pyridine rings is 1. The Bertz CT molecular complexity index is 766. The minimum Gasteiger partial charge on any atom is -0.320 e. The summed E-state index contributed by atoms with van der Waals surface area (Å²) in [5.41, 5.74) is 8.11. The predicted molar refractivity (Wildman–Crippen MR) is 84.2 cm³/mol. The zero-order chi connectivity index (χ0) is 14.1. The smallest absolute Gasteiger partial charge is 0.0643 e. The molecule has 2 nitrogen and oxygen atoms in total. The van der Waals surface area contributed by atoms with Gasteiger partial charge in [-0.3, -0.25) is 4.98 Å². The molecule has 0 aliphatic rings. The third kappa shape index (κ3) is 2.27. The Morgan fingerprint density at radius 1 is 0.900 bits per heavy atom. The molecule has 1 atom stereocenters. The van der Waals surface area contributed by atoms with E-state index in [1.54, 1.807) is 12.3 Å². The Balaban J connectivity index is 2.18. The van der Waals surface area contributed by atoms with Crippen LogP contribution in [0.3, 0.4) is 0 Å². The molecular formula is C16H12Cl2N2. The number of benzene rings is 2. The second-order valence-electron chi connectivity index (χ2n) is 4.57. The number of fused-ring (bicyclic) bond motifs is 1. The normalized spacial score (nSPS) is 12.6. The highest BCUT2D eigenvalue weighted by Gasteiger charge is 2.16. The average molecular weight is 303 g/mol. The summed E-state index contributed by atoms with van der Waals surface area (Å²) in [5.74, 6) is 0. The van der Waals surface area contributed by atoms with E-state index in [9.17, 15) is 0 Å². The number of halogens is 2. The number of hydrogen-bond acceptors (Lipinski definition) is 2. The van der Waals surface area contributed by atoms with E-state index < -0.39 is 0 Å². The summed E-state index contributed by atoms with van der Waals surface area (Å²) in [7, 11) is 0. The standard InChI is InChI=1S/C16H12Cl2N2/c17-14-7-3-6-12(15(14)18)16(19)13-9-20-8-10-4-1-2-5-11(10)13/h1-9,16H,19H2. The molecule has 4 heteroatoms. The first-order valence-corrected chi connectivity index (χ1v) is 6.96. The molecule has 0 radical (unpaired) electrons. The van der Waals surface area contributed by atoms with Gasteiger partial charge in [0, 0.05) is 17.8 Å². The van der Waals surface area contributed by atoms with Crippen molar-refractivity contribution >= 4 is 34.0 Å². The van der Waals surface area contributed by atoms with Crippen LogP contribution in [-0.2, 0) is 0 Å². The maximum absolute atomic E-state index is 6.37. The highest BCUT2D eigenvalue weighted by Crippen LogP contribution is 2.33. The number of nitrogens with two attached hydrogens (primary N) is 1. The molecule has 0 bridgehead atoms. The van der Waals surface area contributed by atoms with Crippen LogP contribution in [0.4, 0.5) is 0 Å². The molecule has 20 heavy (non-hydrogen) atoms. The Morgan fingerprint density at radius 3 is 2.55 bits per heavy atom. The SMILES string of the molecule is NC(c1cccc(Cl)c1Cl)c1cncc2ccccc12. The van der Waals surface area contributed by atoms with Crippen molar-refractivity contribution in [2.45, 2.75) is 6.04 Å². The lowest BCUT2D eigenvalue weighted by atomic mass is 9.96. The van der Waals surface area contributed by atoms with Gasteiger partial charge < -0.3 is 5.73 Å². The molecule has 2 aromatic carbocycles. The van der Waals surface area contributed by atoms with Gasteiger partial charge in [0.25, 0.3) is 0 Å². The molecule has 0 aliphatic carbocycles. The molecule has 1 heterocycles. The largest absolute Gasteiger partial charge is 0.320 e. The van der Waals surface area contributed by atoms with E-state index in [1.807, 2.05) is 42.6 Å². The number of rotatable bonds is 2. The lowest BCUT2D eigenvalue weighted by Crippen LogP contribution is -2.13. The van der Waals surface area contributed by atoms with Crippen LogP contribution in [0.15, 0.2) is 54.9 Å². The third-order valence-electron chi connectivity index (χ3n) is 3.35. The fourth-order valence-corrected chi connectivity index (χ4v) is 2.74. The van der Waals surface area contributed by atoms with Gasteiger partial charge in [-0.05, 0) is 22.6 Å². The van der Waals surface area contributed by atoms with Gasteiger partial charge >= 0.3 is 0 Å². The second-order valence-corrected chi connectivity index (χ2v) is 5.36. The van der Waals surface area contributed by atoms with E-state index in [0.717, 1.165) is 21.9 Å². The zero-order valence-electron chi connectivity index (χ0n) is 10.6. The zero-order valence-corrected chi connectivity index (χ0v) is 12.1. The Hall–Kier alpha value is -1.61. The predicted octanol–water partition coefficient (Wildman–Crippen LogP) is 4.59. The summed E-state index contributed by atoms with van der Waals surface area (Å²) >= 11 is 12.3. The minimum absolute atomic E-state index is 0.361. The molecule has 0 saturated heterocycles. The van der Waals surface area contributed by atoms with Gasteiger partial charge in [0.2, 0.25) is 0 Å². The van der Waals surface area contributed by atoms with Crippen molar-refractivity contribution in [3.05, 3.63) is 76.0 Å². The van der Waals surface area contributed by atoms with Crippen LogP contribution in [0.5, 0.6) is 0 Å². The fraction of sp³-hybridized carbons (Fsp3) is 0.0625. The molecule has 0 spiro atoms. The quantitative estimate of drug-likeness (QED) is 0.752. The monoisotopic (exact) mass is 302 g/mol. The molecule has 0 amide bonds. The van der Waals surface area contributed by atoms with Crippen LogP contribution in [-0.4, -0.2) is 4.98 Å². The van der Waals surface area contributed by atoms with Crippen molar-refractivity contribution in [2.75, 3.05) is 0 Å². The Morgan fingerprint density at radius 2 is 1.70 bits per heavy atom. The second kappa shape index (κ2) is 5.41. The van der Waals surface area contributed by atoms with Gasteiger partial charge in [-0.25, -0.2) is 0 Å². The van der Waals surface area contributed by atoms with Crippen LogP contribution in [0, 0.1) is 0 Å². The lowest BCUT2D eigenvalue weighted by molar-refractivity contribution is 0.874. The third-order valence-corrected chi connectivity index (χ3v) is 4.18. The summed E-state index contributed by atoms with van der Waals surface area (Å²) in [6.45, 7) is 0. The van der Waals surface area contributed by atoms with Crippen LogP contribution in [0.1, 0.15) is 17.2 Å². The molecule has 100 valence electrons. The van der Waals surface area contributed by atoms with E-state index >= 15 is 0 Å². The first-order chi connectivity index (χ1) is 9.68. The van der Waals surface area contributed by atoms with Crippen molar-refractivity contribution in [1.29, 1.82) is 0 Å². The highest BCUT2D eigenvalue weighted by molar-refractivity contribution is 6.42. The lowest BCUT2D eigenvalue weighted by Gasteiger charge is -2.16. The summed E-state index contributed by atoms with van der Waals surface area (Å²) in [6, 6.07) is 13.1. The fourth-order valence-electron chi connectivity index (χ4n) is 2.32. The minimum atomic E-state index is -0.361. The van der Waals surface area contributed by atoms with Gasteiger partial charge in [0.1, 0.15) is 0 Å². The molecular weight excluding hydrogens is 291 g/mol. The topological polar surface area (TPSA) is 38.9 Å². The van der Waals surface area contributed by atoms with E-state index in [4.69, 9.17) is 28.9 Å².